The quantitative estimate of drug-likeness (QED) is 0.787. The molecule has 19 heavy (non-hydrogen) atoms. The fourth-order valence-electron chi connectivity index (χ4n) is 2.39. The van der Waals surface area contributed by atoms with Crippen molar-refractivity contribution in [2.45, 2.75) is 18.9 Å². The second kappa shape index (κ2) is 5.07. The topological polar surface area (TPSA) is 54.5 Å². The Balaban J connectivity index is 1.68. The van der Waals surface area contributed by atoms with E-state index in [0.29, 0.717) is 12.0 Å². The SMILES string of the molecule is N#C/C=C/C1CC(n2cc(-c3ccccn3)cn2)C1. The van der Waals surface area contributed by atoms with E-state index in [-0.39, 0.29) is 0 Å². The standard InChI is InChI=1S/C15H14N4/c16-6-3-4-12-8-14(9-12)19-11-13(10-18-19)15-5-1-2-7-17-15/h1-5,7,10-12,14H,8-9H2/b4-3+. The van der Waals surface area contributed by atoms with E-state index in [0.717, 1.165) is 24.1 Å². The van der Waals surface area contributed by atoms with Crippen LogP contribution in [0.2, 0.25) is 0 Å². The summed E-state index contributed by atoms with van der Waals surface area (Å²) in [6, 6.07) is 8.36. The Kier molecular flexibility index (Phi) is 3.11. The lowest BCUT2D eigenvalue weighted by Crippen LogP contribution is -2.25. The molecule has 0 radical (unpaired) electrons. The summed E-state index contributed by atoms with van der Waals surface area (Å²) >= 11 is 0. The van der Waals surface area contributed by atoms with Crippen LogP contribution in [0.1, 0.15) is 18.9 Å². The average Bonchev–Trinajstić information content (AvgIpc) is 2.87. The lowest BCUT2D eigenvalue weighted by atomic mass is 9.80. The van der Waals surface area contributed by atoms with Crippen molar-refractivity contribution in [1.29, 1.82) is 5.26 Å². The smallest absolute Gasteiger partial charge is 0.0908 e. The minimum absolute atomic E-state index is 0.450. The molecule has 0 unspecified atom stereocenters. The van der Waals surface area contributed by atoms with Crippen LogP contribution in [0.5, 0.6) is 0 Å². The molecule has 1 fully saturated rings. The lowest BCUT2D eigenvalue weighted by molar-refractivity contribution is 0.224. The number of hydrogen-bond acceptors (Lipinski definition) is 3. The summed E-state index contributed by atoms with van der Waals surface area (Å²) in [6.45, 7) is 0. The first kappa shape index (κ1) is 11.7. The molecular formula is C15H14N4. The van der Waals surface area contributed by atoms with Gasteiger partial charge >= 0.3 is 0 Å². The van der Waals surface area contributed by atoms with Gasteiger partial charge in [0.05, 0.1) is 24.0 Å². The first-order valence-electron chi connectivity index (χ1n) is 6.38. The number of rotatable bonds is 3. The maximum absolute atomic E-state index is 8.49. The number of pyridine rings is 1. The van der Waals surface area contributed by atoms with Gasteiger partial charge < -0.3 is 0 Å². The maximum atomic E-state index is 8.49. The van der Waals surface area contributed by atoms with Gasteiger partial charge in [0, 0.05) is 24.0 Å². The molecule has 1 aliphatic rings. The third-order valence-electron chi connectivity index (χ3n) is 3.53. The third kappa shape index (κ3) is 2.41. The van der Waals surface area contributed by atoms with Gasteiger partial charge in [0.2, 0.25) is 0 Å². The Labute approximate surface area is 112 Å². The number of nitriles is 1. The number of nitrogens with zero attached hydrogens (tertiary/aromatic N) is 4. The van der Waals surface area contributed by atoms with Crippen molar-refractivity contribution in [3.8, 4) is 17.3 Å². The minimum atomic E-state index is 0.450. The van der Waals surface area contributed by atoms with Crippen molar-refractivity contribution in [2.75, 3.05) is 0 Å². The summed E-state index contributed by atoms with van der Waals surface area (Å²) in [5.74, 6) is 0.521. The predicted octanol–water partition coefficient (Wildman–Crippen LogP) is 2.98. The van der Waals surface area contributed by atoms with Crippen LogP contribution in [0.25, 0.3) is 11.3 Å². The zero-order valence-corrected chi connectivity index (χ0v) is 10.5. The summed E-state index contributed by atoms with van der Waals surface area (Å²) < 4.78 is 2.01. The average molecular weight is 250 g/mol. The van der Waals surface area contributed by atoms with Crippen molar-refractivity contribution in [3.63, 3.8) is 0 Å². The summed E-state index contributed by atoms with van der Waals surface area (Å²) in [4.78, 5) is 4.32. The first-order valence-corrected chi connectivity index (χ1v) is 6.38. The Morgan fingerprint density at radius 2 is 2.26 bits per heavy atom. The van der Waals surface area contributed by atoms with Crippen LogP contribution in [-0.2, 0) is 0 Å². The molecule has 94 valence electrons. The van der Waals surface area contributed by atoms with Crippen molar-refractivity contribution in [1.82, 2.24) is 14.8 Å². The van der Waals surface area contributed by atoms with Gasteiger partial charge in [0.15, 0.2) is 0 Å². The van der Waals surface area contributed by atoms with Crippen molar-refractivity contribution < 1.29 is 0 Å². The molecule has 2 aromatic rings. The highest BCUT2D eigenvalue weighted by molar-refractivity contribution is 5.56. The molecule has 1 saturated carbocycles. The Bertz CT molecular complexity index is 615. The molecule has 0 spiro atoms. The number of hydrogen-bond donors (Lipinski definition) is 0. The largest absolute Gasteiger partial charge is 0.269 e. The zero-order valence-electron chi connectivity index (χ0n) is 10.5. The van der Waals surface area contributed by atoms with Crippen LogP contribution < -0.4 is 0 Å². The zero-order chi connectivity index (χ0) is 13.1. The van der Waals surface area contributed by atoms with E-state index in [2.05, 4.69) is 16.3 Å². The van der Waals surface area contributed by atoms with Crippen LogP contribution in [0, 0.1) is 17.2 Å². The molecule has 1 aliphatic carbocycles. The van der Waals surface area contributed by atoms with E-state index in [1.54, 1.807) is 12.3 Å². The molecule has 4 nitrogen and oxygen atoms in total. The summed E-state index contributed by atoms with van der Waals surface area (Å²) in [5.41, 5.74) is 2.01. The van der Waals surface area contributed by atoms with Crippen LogP contribution >= 0.6 is 0 Å². The van der Waals surface area contributed by atoms with Crippen molar-refractivity contribution in [2.24, 2.45) is 5.92 Å². The van der Waals surface area contributed by atoms with Crippen LogP contribution in [0.3, 0.4) is 0 Å². The Morgan fingerprint density at radius 1 is 1.37 bits per heavy atom. The van der Waals surface area contributed by atoms with Gasteiger partial charge in [-0.05, 0) is 30.9 Å². The second-order valence-electron chi connectivity index (χ2n) is 4.80. The van der Waals surface area contributed by atoms with E-state index in [4.69, 9.17) is 5.26 Å². The Morgan fingerprint density at radius 3 is 3.00 bits per heavy atom. The van der Waals surface area contributed by atoms with Gasteiger partial charge in [-0.25, -0.2) is 0 Å². The first-order chi connectivity index (χ1) is 9.36. The number of allylic oxidation sites excluding steroid dienone is 2. The van der Waals surface area contributed by atoms with E-state index in [9.17, 15) is 0 Å². The van der Waals surface area contributed by atoms with Gasteiger partial charge in [0.1, 0.15) is 0 Å². The van der Waals surface area contributed by atoms with E-state index in [1.807, 2.05) is 41.2 Å². The normalized spacial score (nSPS) is 22.1. The molecule has 0 saturated heterocycles. The molecule has 2 heterocycles. The van der Waals surface area contributed by atoms with E-state index < -0.39 is 0 Å². The monoisotopic (exact) mass is 250 g/mol. The summed E-state index contributed by atoms with van der Waals surface area (Å²) in [6.07, 6.45) is 11.4. The molecule has 3 rings (SSSR count). The van der Waals surface area contributed by atoms with Gasteiger partial charge in [-0.1, -0.05) is 12.1 Å². The molecule has 0 aromatic carbocycles. The summed E-state index contributed by atoms with van der Waals surface area (Å²) in [7, 11) is 0. The van der Waals surface area contributed by atoms with Gasteiger partial charge in [-0.3, -0.25) is 9.67 Å². The molecule has 0 amide bonds. The summed E-state index contributed by atoms with van der Waals surface area (Å²) in [5, 5.41) is 12.9. The molecule has 2 aromatic heterocycles. The minimum Gasteiger partial charge on any atom is -0.269 e. The molecule has 0 N–H and O–H groups in total. The second-order valence-corrected chi connectivity index (χ2v) is 4.80. The fraction of sp³-hybridized carbons (Fsp3) is 0.267. The van der Waals surface area contributed by atoms with Crippen LogP contribution in [0.15, 0.2) is 48.9 Å². The van der Waals surface area contributed by atoms with Gasteiger partial charge in [0.25, 0.3) is 0 Å². The lowest BCUT2D eigenvalue weighted by Gasteiger charge is -2.33. The molecule has 0 aliphatic heterocycles. The molecule has 0 atom stereocenters. The van der Waals surface area contributed by atoms with Gasteiger partial charge in [-0.15, -0.1) is 0 Å². The van der Waals surface area contributed by atoms with Crippen molar-refractivity contribution >= 4 is 0 Å². The maximum Gasteiger partial charge on any atom is 0.0908 e. The highest BCUT2D eigenvalue weighted by Crippen LogP contribution is 2.38. The number of aromatic nitrogens is 3. The molecule has 0 bridgehead atoms. The highest BCUT2D eigenvalue weighted by Gasteiger charge is 2.29. The van der Waals surface area contributed by atoms with E-state index in [1.165, 1.54) is 0 Å². The Hall–Kier alpha value is -2.41. The van der Waals surface area contributed by atoms with Crippen LogP contribution in [0.4, 0.5) is 0 Å². The van der Waals surface area contributed by atoms with E-state index >= 15 is 0 Å². The third-order valence-corrected chi connectivity index (χ3v) is 3.53. The fourth-order valence-corrected chi connectivity index (χ4v) is 2.39. The predicted molar refractivity (Wildman–Crippen MR) is 72.0 cm³/mol. The van der Waals surface area contributed by atoms with Crippen LogP contribution in [-0.4, -0.2) is 14.8 Å². The molecular weight excluding hydrogens is 236 g/mol. The highest BCUT2D eigenvalue weighted by atomic mass is 15.3. The molecule has 4 heteroatoms. The van der Waals surface area contributed by atoms with Gasteiger partial charge in [-0.2, -0.15) is 10.4 Å². The van der Waals surface area contributed by atoms with Crippen molar-refractivity contribution in [3.05, 3.63) is 48.9 Å².